The molecule has 6 heteroatoms. The summed E-state index contributed by atoms with van der Waals surface area (Å²) in [7, 11) is -3.71. The highest BCUT2D eigenvalue weighted by Gasteiger charge is 2.26. The van der Waals surface area contributed by atoms with Gasteiger partial charge in [0.15, 0.2) is 0 Å². The Labute approximate surface area is 167 Å². The normalized spacial score (nSPS) is 12.3. The largest absolute Gasteiger partial charge is 0.260 e. The molecule has 1 aromatic carbocycles. The molecule has 28 heavy (non-hydrogen) atoms. The van der Waals surface area contributed by atoms with E-state index < -0.39 is 10.0 Å². The van der Waals surface area contributed by atoms with Crippen molar-refractivity contribution in [2.24, 2.45) is 0 Å². The first kappa shape index (κ1) is 20.2. The first-order valence-electron chi connectivity index (χ1n) is 9.17. The number of rotatable bonds is 6. The van der Waals surface area contributed by atoms with Crippen LogP contribution in [0, 0.1) is 0 Å². The molecule has 0 spiro atoms. The first-order valence-corrected chi connectivity index (χ1v) is 10.6. The molecule has 2 heterocycles. The van der Waals surface area contributed by atoms with E-state index in [4.69, 9.17) is 0 Å². The molecule has 146 valence electrons. The van der Waals surface area contributed by atoms with E-state index in [1.54, 1.807) is 24.5 Å². The monoisotopic (exact) mass is 395 g/mol. The second-order valence-electron chi connectivity index (χ2n) is 7.69. The van der Waals surface area contributed by atoms with Crippen LogP contribution in [0.3, 0.4) is 0 Å². The summed E-state index contributed by atoms with van der Waals surface area (Å²) in [5.74, 6) is 0. The van der Waals surface area contributed by atoms with E-state index in [9.17, 15) is 8.42 Å². The third kappa shape index (κ3) is 4.82. The van der Waals surface area contributed by atoms with Gasteiger partial charge in [-0.2, -0.15) is 4.31 Å². The maximum atomic E-state index is 13.4. The minimum absolute atomic E-state index is 0.0378. The van der Waals surface area contributed by atoms with Gasteiger partial charge in [0.25, 0.3) is 0 Å². The molecule has 0 fully saturated rings. The highest BCUT2D eigenvalue weighted by atomic mass is 32.2. The fourth-order valence-corrected chi connectivity index (χ4v) is 4.23. The number of sulfonamides is 1. The van der Waals surface area contributed by atoms with Crippen LogP contribution in [0.2, 0.25) is 0 Å². The van der Waals surface area contributed by atoms with Gasteiger partial charge < -0.3 is 0 Å². The Balaban J connectivity index is 1.95. The minimum atomic E-state index is -3.71. The van der Waals surface area contributed by atoms with E-state index in [0.29, 0.717) is 11.4 Å². The molecular formula is C22H25N3O2S. The van der Waals surface area contributed by atoms with Crippen LogP contribution in [-0.2, 0) is 28.5 Å². The van der Waals surface area contributed by atoms with E-state index in [1.165, 1.54) is 4.31 Å². The van der Waals surface area contributed by atoms with Crippen LogP contribution in [0.25, 0.3) is 0 Å². The van der Waals surface area contributed by atoms with Crippen LogP contribution in [0.15, 0.2) is 78.0 Å². The second-order valence-corrected chi connectivity index (χ2v) is 9.63. The fraction of sp³-hybridized carbons (Fsp3) is 0.273. The van der Waals surface area contributed by atoms with E-state index in [1.807, 2.05) is 48.5 Å². The quantitative estimate of drug-likeness (QED) is 0.628. The van der Waals surface area contributed by atoms with Crippen molar-refractivity contribution in [3.63, 3.8) is 0 Å². The number of hydrogen-bond acceptors (Lipinski definition) is 4. The predicted molar refractivity (Wildman–Crippen MR) is 110 cm³/mol. The zero-order valence-corrected chi connectivity index (χ0v) is 17.2. The Morgan fingerprint density at radius 3 is 1.68 bits per heavy atom. The van der Waals surface area contributed by atoms with Crippen molar-refractivity contribution in [3.8, 4) is 0 Å². The summed E-state index contributed by atoms with van der Waals surface area (Å²) < 4.78 is 28.2. The summed E-state index contributed by atoms with van der Waals surface area (Å²) in [6.45, 7) is 6.67. The van der Waals surface area contributed by atoms with Gasteiger partial charge in [-0.15, -0.1) is 0 Å². The van der Waals surface area contributed by atoms with Crippen molar-refractivity contribution in [2.45, 2.75) is 44.2 Å². The van der Waals surface area contributed by atoms with Crippen molar-refractivity contribution in [1.29, 1.82) is 0 Å². The summed E-state index contributed by atoms with van der Waals surface area (Å²) in [5, 5.41) is 0. The molecular weight excluding hydrogens is 370 g/mol. The number of hydrogen-bond donors (Lipinski definition) is 0. The molecule has 2 aromatic heterocycles. The van der Waals surface area contributed by atoms with Gasteiger partial charge in [0, 0.05) is 12.4 Å². The molecule has 0 atom stereocenters. The van der Waals surface area contributed by atoms with Gasteiger partial charge in [-0.25, -0.2) is 8.42 Å². The molecule has 0 aliphatic heterocycles. The fourth-order valence-electron chi connectivity index (χ4n) is 2.85. The SMILES string of the molecule is CC(C)(C)c1ccc(S(=O)(=O)N(Cc2ccccn2)Cc2ccccn2)cc1. The molecule has 0 aliphatic carbocycles. The van der Waals surface area contributed by atoms with Crippen molar-refractivity contribution in [2.75, 3.05) is 0 Å². The predicted octanol–water partition coefficient (Wildman–Crippen LogP) is 4.17. The Morgan fingerprint density at radius 1 is 0.786 bits per heavy atom. The molecule has 0 saturated carbocycles. The van der Waals surface area contributed by atoms with Gasteiger partial charge in [0.05, 0.1) is 29.4 Å². The molecule has 5 nitrogen and oxygen atoms in total. The Kier molecular flexibility index (Phi) is 5.91. The lowest BCUT2D eigenvalue weighted by atomic mass is 9.87. The number of benzene rings is 1. The van der Waals surface area contributed by atoms with Crippen LogP contribution >= 0.6 is 0 Å². The standard InChI is InChI=1S/C22H25N3O2S/c1-22(2,3)18-10-12-21(13-11-18)28(26,27)25(16-19-8-4-6-14-23-19)17-20-9-5-7-15-24-20/h4-15H,16-17H2,1-3H3. The zero-order chi connectivity index (χ0) is 20.2. The van der Waals surface area contributed by atoms with Crippen molar-refractivity contribution in [3.05, 3.63) is 90.0 Å². The van der Waals surface area contributed by atoms with E-state index in [-0.39, 0.29) is 23.4 Å². The van der Waals surface area contributed by atoms with E-state index in [2.05, 4.69) is 30.7 Å². The van der Waals surface area contributed by atoms with Gasteiger partial charge in [-0.3, -0.25) is 9.97 Å². The van der Waals surface area contributed by atoms with Crippen molar-refractivity contribution in [1.82, 2.24) is 14.3 Å². The number of aromatic nitrogens is 2. The maximum absolute atomic E-state index is 13.4. The highest BCUT2D eigenvalue weighted by Crippen LogP contribution is 2.25. The molecule has 3 aromatic rings. The molecule has 3 rings (SSSR count). The topological polar surface area (TPSA) is 63.2 Å². The van der Waals surface area contributed by atoms with Crippen LogP contribution in [-0.4, -0.2) is 22.7 Å². The number of nitrogens with zero attached hydrogens (tertiary/aromatic N) is 3. The van der Waals surface area contributed by atoms with Gasteiger partial charge in [-0.05, 0) is 47.4 Å². The minimum Gasteiger partial charge on any atom is -0.260 e. The maximum Gasteiger partial charge on any atom is 0.243 e. The summed E-state index contributed by atoms with van der Waals surface area (Å²) in [5.41, 5.74) is 2.43. The first-order chi connectivity index (χ1) is 13.3. The van der Waals surface area contributed by atoms with E-state index >= 15 is 0 Å². The average Bonchev–Trinajstić information content (AvgIpc) is 2.68. The molecule has 0 amide bonds. The molecule has 0 radical (unpaired) electrons. The molecule has 0 unspecified atom stereocenters. The van der Waals surface area contributed by atoms with Gasteiger partial charge >= 0.3 is 0 Å². The zero-order valence-electron chi connectivity index (χ0n) is 16.4. The van der Waals surface area contributed by atoms with Gasteiger partial charge in [-0.1, -0.05) is 45.0 Å². The molecule has 0 saturated heterocycles. The molecule has 0 bridgehead atoms. The Bertz CT molecular complexity index is 956. The molecule has 0 N–H and O–H groups in total. The lowest BCUT2D eigenvalue weighted by molar-refractivity contribution is 0.392. The van der Waals surface area contributed by atoms with Gasteiger partial charge in [0.2, 0.25) is 10.0 Å². The highest BCUT2D eigenvalue weighted by molar-refractivity contribution is 7.89. The lowest BCUT2D eigenvalue weighted by Gasteiger charge is -2.23. The summed E-state index contributed by atoms with van der Waals surface area (Å²) in [6, 6.07) is 18.1. The van der Waals surface area contributed by atoms with Gasteiger partial charge in [0.1, 0.15) is 0 Å². The van der Waals surface area contributed by atoms with Crippen LogP contribution in [0.5, 0.6) is 0 Å². The van der Waals surface area contributed by atoms with Crippen LogP contribution in [0.1, 0.15) is 37.7 Å². The third-order valence-electron chi connectivity index (χ3n) is 4.49. The third-order valence-corrected chi connectivity index (χ3v) is 6.29. The average molecular weight is 396 g/mol. The van der Waals surface area contributed by atoms with E-state index in [0.717, 1.165) is 5.56 Å². The summed E-state index contributed by atoms with van der Waals surface area (Å²) >= 11 is 0. The smallest absolute Gasteiger partial charge is 0.243 e. The lowest BCUT2D eigenvalue weighted by Crippen LogP contribution is -2.31. The summed E-state index contributed by atoms with van der Waals surface area (Å²) in [4.78, 5) is 8.85. The summed E-state index contributed by atoms with van der Waals surface area (Å²) in [6.07, 6.45) is 3.33. The Morgan fingerprint density at radius 2 is 1.29 bits per heavy atom. The van der Waals surface area contributed by atoms with Crippen molar-refractivity contribution < 1.29 is 8.42 Å². The van der Waals surface area contributed by atoms with Crippen molar-refractivity contribution >= 4 is 10.0 Å². The molecule has 0 aliphatic rings. The van der Waals surface area contributed by atoms with Crippen LogP contribution in [0.4, 0.5) is 0 Å². The Hall–Kier alpha value is -2.57. The number of pyridine rings is 2. The second kappa shape index (κ2) is 8.20. The van der Waals surface area contributed by atoms with Crippen LogP contribution < -0.4 is 0 Å².